The molecule has 94 valence electrons. The van der Waals surface area contributed by atoms with Gasteiger partial charge in [-0.3, -0.25) is 0 Å². The number of ether oxygens (including phenoxy) is 1. The van der Waals surface area contributed by atoms with Crippen molar-refractivity contribution < 1.29 is 4.74 Å². The molecule has 0 saturated carbocycles. The van der Waals surface area contributed by atoms with Crippen LogP contribution in [0.5, 0.6) is 5.75 Å². The molecule has 2 aromatic rings. The van der Waals surface area contributed by atoms with Crippen molar-refractivity contribution in [3.05, 3.63) is 41.6 Å². The van der Waals surface area contributed by atoms with Gasteiger partial charge in [0.25, 0.3) is 0 Å². The lowest BCUT2D eigenvalue weighted by Gasteiger charge is -2.12. The van der Waals surface area contributed by atoms with Crippen LogP contribution in [0.3, 0.4) is 0 Å². The summed E-state index contributed by atoms with van der Waals surface area (Å²) in [6.45, 7) is 3.92. The fourth-order valence-electron chi connectivity index (χ4n) is 1.78. The fraction of sp³-hybridized carbons (Fsp3) is 0.214. The first-order chi connectivity index (χ1) is 8.60. The van der Waals surface area contributed by atoms with Crippen LogP contribution in [0.15, 0.2) is 30.3 Å². The summed E-state index contributed by atoms with van der Waals surface area (Å²) in [5, 5.41) is 3.21. The van der Waals surface area contributed by atoms with Gasteiger partial charge in [-0.05, 0) is 37.6 Å². The standard InChI is InChI=1S/C14H17N3O/c1-9-7-10(2)16-14(13(9)15)17-11-5-4-6-12(8-11)18-3/h4-8H,15H2,1-3H3,(H,16,17). The molecule has 0 fully saturated rings. The van der Waals surface area contributed by atoms with Crippen molar-refractivity contribution in [2.75, 3.05) is 18.2 Å². The van der Waals surface area contributed by atoms with Crippen LogP contribution in [-0.4, -0.2) is 12.1 Å². The van der Waals surface area contributed by atoms with E-state index in [1.54, 1.807) is 7.11 Å². The Morgan fingerprint density at radius 1 is 1.22 bits per heavy atom. The number of rotatable bonds is 3. The Morgan fingerprint density at radius 2 is 2.00 bits per heavy atom. The van der Waals surface area contributed by atoms with Gasteiger partial charge >= 0.3 is 0 Å². The molecule has 0 aliphatic carbocycles. The SMILES string of the molecule is COc1cccc(Nc2nc(C)cc(C)c2N)c1. The van der Waals surface area contributed by atoms with Crippen LogP contribution in [0.1, 0.15) is 11.3 Å². The molecule has 0 atom stereocenters. The Labute approximate surface area is 107 Å². The molecule has 0 spiro atoms. The first-order valence-electron chi connectivity index (χ1n) is 5.75. The monoisotopic (exact) mass is 243 g/mol. The van der Waals surface area contributed by atoms with Gasteiger partial charge in [0.05, 0.1) is 12.8 Å². The number of aryl methyl sites for hydroxylation is 2. The lowest BCUT2D eigenvalue weighted by molar-refractivity contribution is 0.415. The first-order valence-corrected chi connectivity index (χ1v) is 5.75. The second-order valence-corrected chi connectivity index (χ2v) is 4.20. The maximum absolute atomic E-state index is 6.01. The molecule has 0 amide bonds. The molecule has 0 unspecified atom stereocenters. The number of nitrogen functional groups attached to an aromatic ring is 1. The van der Waals surface area contributed by atoms with E-state index in [0.717, 1.165) is 22.7 Å². The number of pyridine rings is 1. The summed E-state index contributed by atoms with van der Waals surface area (Å²) in [6.07, 6.45) is 0. The molecule has 0 bridgehead atoms. The number of benzene rings is 1. The minimum atomic E-state index is 0.670. The van der Waals surface area contributed by atoms with E-state index >= 15 is 0 Å². The van der Waals surface area contributed by atoms with E-state index in [9.17, 15) is 0 Å². The quantitative estimate of drug-likeness (QED) is 0.869. The zero-order valence-corrected chi connectivity index (χ0v) is 10.8. The van der Waals surface area contributed by atoms with E-state index in [1.807, 2.05) is 44.2 Å². The van der Waals surface area contributed by atoms with Crippen molar-refractivity contribution in [2.45, 2.75) is 13.8 Å². The summed E-state index contributed by atoms with van der Waals surface area (Å²) in [4.78, 5) is 4.41. The Balaban J connectivity index is 2.33. The molecule has 1 aromatic heterocycles. The zero-order valence-electron chi connectivity index (χ0n) is 10.8. The number of nitrogens with zero attached hydrogens (tertiary/aromatic N) is 1. The third kappa shape index (κ3) is 2.53. The van der Waals surface area contributed by atoms with Crippen molar-refractivity contribution in [2.24, 2.45) is 0 Å². The average molecular weight is 243 g/mol. The van der Waals surface area contributed by atoms with E-state index in [2.05, 4.69) is 10.3 Å². The molecular weight excluding hydrogens is 226 g/mol. The van der Waals surface area contributed by atoms with Crippen LogP contribution in [0.4, 0.5) is 17.2 Å². The Hall–Kier alpha value is -2.23. The van der Waals surface area contributed by atoms with Crippen LogP contribution < -0.4 is 15.8 Å². The number of hydrogen-bond acceptors (Lipinski definition) is 4. The van der Waals surface area contributed by atoms with Gasteiger partial charge in [-0.1, -0.05) is 6.07 Å². The van der Waals surface area contributed by atoms with Crippen molar-refractivity contribution in [1.82, 2.24) is 4.98 Å². The van der Waals surface area contributed by atoms with E-state index in [0.29, 0.717) is 11.5 Å². The van der Waals surface area contributed by atoms with Crippen LogP contribution in [0, 0.1) is 13.8 Å². The molecule has 18 heavy (non-hydrogen) atoms. The number of methoxy groups -OCH3 is 1. The maximum atomic E-state index is 6.01. The van der Waals surface area contributed by atoms with Crippen LogP contribution >= 0.6 is 0 Å². The van der Waals surface area contributed by atoms with Crippen molar-refractivity contribution >= 4 is 17.2 Å². The molecule has 0 radical (unpaired) electrons. The summed E-state index contributed by atoms with van der Waals surface area (Å²) < 4.78 is 5.18. The van der Waals surface area contributed by atoms with Gasteiger partial charge in [-0.25, -0.2) is 4.98 Å². The van der Waals surface area contributed by atoms with Crippen LogP contribution in [-0.2, 0) is 0 Å². The van der Waals surface area contributed by atoms with E-state index in [1.165, 1.54) is 0 Å². The normalized spacial score (nSPS) is 10.2. The minimum absolute atomic E-state index is 0.670. The molecule has 3 N–H and O–H groups in total. The lowest BCUT2D eigenvalue weighted by Crippen LogP contribution is -2.02. The highest BCUT2D eigenvalue weighted by molar-refractivity contribution is 5.72. The Kier molecular flexibility index (Phi) is 3.37. The highest BCUT2D eigenvalue weighted by Crippen LogP contribution is 2.26. The zero-order chi connectivity index (χ0) is 13.1. The van der Waals surface area contributed by atoms with Gasteiger partial charge in [0, 0.05) is 17.4 Å². The molecule has 0 saturated heterocycles. The minimum Gasteiger partial charge on any atom is -0.497 e. The van der Waals surface area contributed by atoms with Gasteiger partial charge in [-0.15, -0.1) is 0 Å². The number of hydrogen-bond donors (Lipinski definition) is 2. The van der Waals surface area contributed by atoms with Gasteiger partial charge in [-0.2, -0.15) is 0 Å². The molecule has 2 rings (SSSR count). The fourth-order valence-corrected chi connectivity index (χ4v) is 1.78. The molecular formula is C14H17N3O. The average Bonchev–Trinajstić information content (AvgIpc) is 2.35. The smallest absolute Gasteiger partial charge is 0.154 e. The predicted octanol–water partition coefficient (Wildman–Crippen LogP) is 3.03. The number of aromatic nitrogens is 1. The van der Waals surface area contributed by atoms with E-state index in [4.69, 9.17) is 10.5 Å². The second-order valence-electron chi connectivity index (χ2n) is 4.20. The van der Waals surface area contributed by atoms with E-state index in [-0.39, 0.29) is 0 Å². The highest BCUT2D eigenvalue weighted by Gasteiger charge is 2.06. The molecule has 1 aromatic carbocycles. The van der Waals surface area contributed by atoms with Crippen molar-refractivity contribution in [3.63, 3.8) is 0 Å². The number of anilines is 3. The van der Waals surface area contributed by atoms with Crippen LogP contribution in [0.2, 0.25) is 0 Å². The maximum Gasteiger partial charge on any atom is 0.154 e. The highest BCUT2D eigenvalue weighted by atomic mass is 16.5. The van der Waals surface area contributed by atoms with Gasteiger partial charge in [0.2, 0.25) is 0 Å². The molecule has 0 aliphatic heterocycles. The van der Waals surface area contributed by atoms with Gasteiger partial charge < -0.3 is 15.8 Å². The topological polar surface area (TPSA) is 60.2 Å². The third-order valence-electron chi connectivity index (χ3n) is 2.73. The largest absolute Gasteiger partial charge is 0.497 e. The van der Waals surface area contributed by atoms with Crippen molar-refractivity contribution in [3.8, 4) is 5.75 Å². The predicted molar refractivity (Wildman–Crippen MR) is 74.4 cm³/mol. The van der Waals surface area contributed by atoms with Crippen molar-refractivity contribution in [1.29, 1.82) is 0 Å². The number of nitrogens with one attached hydrogen (secondary N) is 1. The summed E-state index contributed by atoms with van der Waals surface area (Å²) in [5.74, 6) is 1.48. The Bertz CT molecular complexity index is 567. The lowest BCUT2D eigenvalue weighted by atomic mass is 10.2. The first kappa shape index (κ1) is 12.2. The van der Waals surface area contributed by atoms with E-state index < -0.39 is 0 Å². The molecule has 4 heteroatoms. The van der Waals surface area contributed by atoms with Crippen LogP contribution in [0.25, 0.3) is 0 Å². The summed E-state index contributed by atoms with van der Waals surface area (Å²) in [5.41, 5.74) is 9.54. The van der Waals surface area contributed by atoms with Gasteiger partial charge in [0.1, 0.15) is 5.75 Å². The summed E-state index contributed by atoms with van der Waals surface area (Å²) >= 11 is 0. The second kappa shape index (κ2) is 4.96. The molecule has 4 nitrogen and oxygen atoms in total. The third-order valence-corrected chi connectivity index (χ3v) is 2.73. The van der Waals surface area contributed by atoms with Gasteiger partial charge in [0.15, 0.2) is 5.82 Å². The Morgan fingerprint density at radius 3 is 2.72 bits per heavy atom. The molecule has 1 heterocycles. The number of nitrogens with two attached hydrogens (primary N) is 1. The summed E-state index contributed by atoms with van der Waals surface area (Å²) in [7, 11) is 1.64. The molecule has 0 aliphatic rings. The summed E-state index contributed by atoms with van der Waals surface area (Å²) in [6, 6.07) is 9.62.